The van der Waals surface area contributed by atoms with E-state index < -0.39 is 27.7 Å². The molecule has 0 spiro atoms. The fourth-order valence-electron chi connectivity index (χ4n) is 3.70. The van der Waals surface area contributed by atoms with Gasteiger partial charge in [-0.2, -0.15) is 4.31 Å². The molecule has 2 heterocycles. The van der Waals surface area contributed by atoms with E-state index in [0.29, 0.717) is 29.9 Å². The standard InChI is InChI=1S/C22H23FN4O6S/c1-31-16-7-10-19(32-2)18(12-16)21-25-26-22(33-21)24-20(28)14-4-3-11-27(13-14)34(29,30)17-8-5-15(23)6-9-17/h5-10,12,14H,3-4,11,13H2,1-2H3,(H,24,26,28). The van der Waals surface area contributed by atoms with Crippen LogP contribution in [0, 0.1) is 11.7 Å². The van der Waals surface area contributed by atoms with Gasteiger partial charge in [0.15, 0.2) is 0 Å². The summed E-state index contributed by atoms with van der Waals surface area (Å²) in [6, 6.07) is 9.55. The number of amides is 1. The molecule has 1 fully saturated rings. The van der Waals surface area contributed by atoms with Gasteiger partial charge in [-0.15, -0.1) is 5.10 Å². The first-order chi connectivity index (χ1) is 16.3. The van der Waals surface area contributed by atoms with E-state index in [4.69, 9.17) is 13.9 Å². The molecule has 0 saturated carbocycles. The van der Waals surface area contributed by atoms with Crippen LogP contribution in [0.4, 0.5) is 10.4 Å². The third kappa shape index (κ3) is 4.87. The van der Waals surface area contributed by atoms with Crippen LogP contribution in [0.3, 0.4) is 0 Å². The van der Waals surface area contributed by atoms with E-state index in [0.717, 1.165) is 12.1 Å². The Morgan fingerprint density at radius 3 is 2.62 bits per heavy atom. The molecule has 12 heteroatoms. The summed E-state index contributed by atoms with van der Waals surface area (Å²) in [7, 11) is -0.833. The number of benzene rings is 2. The number of carbonyl (C=O) groups excluding carboxylic acids is 1. The normalized spacial score (nSPS) is 16.7. The molecular weight excluding hydrogens is 467 g/mol. The second kappa shape index (κ2) is 9.77. The number of rotatable bonds is 7. The highest BCUT2D eigenvalue weighted by Gasteiger charge is 2.34. The van der Waals surface area contributed by atoms with Gasteiger partial charge in [-0.3, -0.25) is 10.1 Å². The van der Waals surface area contributed by atoms with Gasteiger partial charge in [-0.1, -0.05) is 5.10 Å². The zero-order chi connectivity index (χ0) is 24.3. The fraction of sp³-hybridized carbons (Fsp3) is 0.318. The molecule has 1 aromatic heterocycles. The van der Waals surface area contributed by atoms with Crippen molar-refractivity contribution in [2.45, 2.75) is 17.7 Å². The van der Waals surface area contributed by atoms with E-state index >= 15 is 0 Å². The molecule has 0 aliphatic carbocycles. The van der Waals surface area contributed by atoms with E-state index in [1.165, 1.54) is 30.7 Å². The number of sulfonamides is 1. The predicted molar refractivity (Wildman–Crippen MR) is 119 cm³/mol. The lowest BCUT2D eigenvalue weighted by molar-refractivity contribution is -0.121. The van der Waals surface area contributed by atoms with Crippen molar-refractivity contribution in [2.75, 3.05) is 32.6 Å². The van der Waals surface area contributed by atoms with Crippen molar-refractivity contribution < 1.29 is 31.5 Å². The Bertz CT molecular complexity index is 1280. The summed E-state index contributed by atoms with van der Waals surface area (Å²) in [5.74, 6) is -0.423. The average Bonchev–Trinajstić information content (AvgIpc) is 3.32. The summed E-state index contributed by atoms with van der Waals surface area (Å²) in [6.45, 7) is 0.250. The first-order valence-electron chi connectivity index (χ1n) is 10.4. The van der Waals surface area contributed by atoms with Crippen molar-refractivity contribution in [2.24, 2.45) is 5.92 Å². The van der Waals surface area contributed by atoms with Gasteiger partial charge < -0.3 is 13.9 Å². The molecule has 2 aromatic carbocycles. The van der Waals surface area contributed by atoms with Gasteiger partial charge in [0, 0.05) is 13.1 Å². The van der Waals surface area contributed by atoms with Crippen LogP contribution < -0.4 is 14.8 Å². The third-order valence-electron chi connectivity index (χ3n) is 5.50. The number of piperidine rings is 1. The number of halogens is 1. The largest absolute Gasteiger partial charge is 0.497 e. The summed E-state index contributed by atoms with van der Waals surface area (Å²) in [4.78, 5) is 12.8. The van der Waals surface area contributed by atoms with E-state index in [9.17, 15) is 17.6 Å². The minimum absolute atomic E-state index is 0.0176. The lowest BCUT2D eigenvalue weighted by atomic mass is 9.99. The van der Waals surface area contributed by atoms with Gasteiger partial charge in [0.05, 0.1) is 30.6 Å². The van der Waals surface area contributed by atoms with Crippen molar-refractivity contribution in [3.05, 3.63) is 48.3 Å². The Balaban J connectivity index is 1.47. The molecular formula is C22H23FN4O6S. The Labute approximate surface area is 195 Å². The SMILES string of the molecule is COc1ccc(OC)c(-c2nnc(NC(=O)C3CCCN(S(=O)(=O)c4ccc(F)cc4)C3)o2)c1. The quantitative estimate of drug-likeness (QED) is 0.536. The van der Waals surface area contributed by atoms with Gasteiger partial charge in [0.1, 0.15) is 17.3 Å². The van der Waals surface area contributed by atoms with Crippen LogP contribution in [0.1, 0.15) is 12.8 Å². The molecule has 3 aromatic rings. The van der Waals surface area contributed by atoms with Gasteiger partial charge >= 0.3 is 6.01 Å². The average molecular weight is 491 g/mol. The van der Waals surface area contributed by atoms with Gasteiger partial charge in [-0.05, 0) is 55.3 Å². The molecule has 34 heavy (non-hydrogen) atoms. The summed E-state index contributed by atoms with van der Waals surface area (Å²) >= 11 is 0. The summed E-state index contributed by atoms with van der Waals surface area (Å²) in [5.41, 5.74) is 0.490. The van der Waals surface area contributed by atoms with E-state index in [2.05, 4.69) is 15.5 Å². The number of aromatic nitrogens is 2. The molecule has 1 atom stereocenters. The number of anilines is 1. The molecule has 4 rings (SSSR count). The molecule has 10 nitrogen and oxygen atoms in total. The summed E-state index contributed by atoms with van der Waals surface area (Å²) in [5, 5.41) is 10.4. The molecule has 1 N–H and O–H groups in total. The highest BCUT2D eigenvalue weighted by molar-refractivity contribution is 7.89. The fourth-order valence-corrected chi connectivity index (χ4v) is 5.23. The molecule has 1 saturated heterocycles. The van der Waals surface area contributed by atoms with Crippen LogP contribution >= 0.6 is 0 Å². The smallest absolute Gasteiger partial charge is 0.322 e. The number of carbonyl (C=O) groups is 1. The van der Waals surface area contributed by atoms with Crippen LogP contribution in [0.15, 0.2) is 51.8 Å². The van der Waals surface area contributed by atoms with Crippen molar-refractivity contribution in [1.82, 2.24) is 14.5 Å². The number of methoxy groups -OCH3 is 2. The van der Waals surface area contributed by atoms with Crippen LogP contribution in [0.25, 0.3) is 11.5 Å². The first-order valence-corrected chi connectivity index (χ1v) is 11.9. The highest BCUT2D eigenvalue weighted by atomic mass is 32.2. The van der Waals surface area contributed by atoms with E-state index in [1.54, 1.807) is 18.2 Å². The van der Waals surface area contributed by atoms with Crippen LogP contribution in [-0.2, 0) is 14.8 Å². The second-order valence-corrected chi connectivity index (χ2v) is 9.56. The van der Waals surface area contributed by atoms with Crippen molar-refractivity contribution >= 4 is 21.9 Å². The zero-order valence-corrected chi connectivity index (χ0v) is 19.3. The van der Waals surface area contributed by atoms with Crippen molar-refractivity contribution in [3.8, 4) is 23.0 Å². The monoisotopic (exact) mass is 490 g/mol. The number of hydrogen-bond donors (Lipinski definition) is 1. The number of hydrogen-bond acceptors (Lipinski definition) is 8. The molecule has 180 valence electrons. The molecule has 1 aliphatic heterocycles. The zero-order valence-electron chi connectivity index (χ0n) is 18.5. The minimum Gasteiger partial charge on any atom is -0.497 e. The lowest BCUT2D eigenvalue weighted by Gasteiger charge is -2.30. The Kier molecular flexibility index (Phi) is 6.80. The van der Waals surface area contributed by atoms with Crippen LogP contribution in [0.5, 0.6) is 11.5 Å². The lowest BCUT2D eigenvalue weighted by Crippen LogP contribution is -2.43. The maximum absolute atomic E-state index is 13.2. The van der Waals surface area contributed by atoms with Gasteiger partial charge in [0.25, 0.3) is 5.89 Å². The summed E-state index contributed by atoms with van der Waals surface area (Å²) < 4.78 is 56.4. The van der Waals surface area contributed by atoms with Crippen LogP contribution in [0.2, 0.25) is 0 Å². The predicted octanol–water partition coefficient (Wildman–Crippen LogP) is 2.93. The van der Waals surface area contributed by atoms with Crippen molar-refractivity contribution in [3.63, 3.8) is 0 Å². The number of nitrogens with zero attached hydrogens (tertiary/aromatic N) is 3. The number of ether oxygens (including phenoxy) is 2. The Morgan fingerprint density at radius 2 is 1.91 bits per heavy atom. The molecule has 1 unspecified atom stereocenters. The molecule has 1 aliphatic rings. The van der Waals surface area contributed by atoms with Crippen LogP contribution in [-0.4, -0.2) is 56.1 Å². The summed E-state index contributed by atoms with van der Waals surface area (Å²) in [6.07, 6.45) is 0.987. The Hall–Kier alpha value is -3.51. The van der Waals surface area contributed by atoms with Gasteiger partial charge in [-0.25, -0.2) is 12.8 Å². The maximum Gasteiger partial charge on any atom is 0.322 e. The number of nitrogens with one attached hydrogen (secondary N) is 1. The van der Waals surface area contributed by atoms with E-state index in [1.807, 2.05) is 0 Å². The molecule has 0 radical (unpaired) electrons. The second-order valence-electron chi connectivity index (χ2n) is 7.62. The minimum atomic E-state index is -3.85. The maximum atomic E-state index is 13.2. The molecule has 0 bridgehead atoms. The topological polar surface area (TPSA) is 124 Å². The third-order valence-corrected chi connectivity index (χ3v) is 7.38. The van der Waals surface area contributed by atoms with Crippen molar-refractivity contribution in [1.29, 1.82) is 0 Å². The Morgan fingerprint density at radius 1 is 1.15 bits per heavy atom. The molecule has 1 amide bonds. The highest BCUT2D eigenvalue weighted by Crippen LogP contribution is 2.33. The first kappa shape index (κ1) is 23.6. The van der Waals surface area contributed by atoms with E-state index in [-0.39, 0.29) is 29.9 Å². The van der Waals surface area contributed by atoms with Gasteiger partial charge in [0.2, 0.25) is 15.9 Å².